The Balaban J connectivity index is 1.89. The predicted octanol–water partition coefficient (Wildman–Crippen LogP) is 3.64. The molecule has 1 atom stereocenters. The zero-order valence-electron chi connectivity index (χ0n) is 14.1. The fourth-order valence-electron chi connectivity index (χ4n) is 2.14. The molecule has 0 heterocycles. The molecule has 24 heavy (non-hydrogen) atoms. The van der Waals surface area contributed by atoms with Crippen LogP contribution in [0, 0.1) is 6.92 Å². The Morgan fingerprint density at radius 2 is 1.96 bits per heavy atom. The number of hydrogen-bond acceptors (Lipinski definition) is 3. The van der Waals surface area contributed by atoms with E-state index in [1.54, 1.807) is 24.3 Å². The average Bonchev–Trinajstić information content (AvgIpc) is 2.59. The van der Waals surface area contributed by atoms with Crippen LogP contribution in [-0.2, 0) is 0 Å². The standard InChI is InChI=1S/C19H24N2O3/c1-3-11-20-19(23)21-16-5-4-6-17(12-16)24-13-18(22)15-9-7-14(2)8-10-15/h4-10,12,18,22H,3,11,13H2,1-2H3,(H2,20,21,23). The minimum absolute atomic E-state index is 0.147. The third-order valence-corrected chi connectivity index (χ3v) is 3.50. The molecule has 0 aliphatic rings. The molecular weight excluding hydrogens is 304 g/mol. The maximum atomic E-state index is 11.7. The van der Waals surface area contributed by atoms with Crippen LogP contribution in [0.25, 0.3) is 0 Å². The summed E-state index contributed by atoms with van der Waals surface area (Å²) in [6, 6.07) is 14.5. The van der Waals surface area contributed by atoms with Crippen LogP contribution in [-0.4, -0.2) is 24.3 Å². The van der Waals surface area contributed by atoms with Gasteiger partial charge >= 0.3 is 6.03 Å². The molecule has 1 unspecified atom stereocenters. The number of amides is 2. The number of carbonyl (C=O) groups excluding carboxylic acids is 1. The first-order valence-corrected chi connectivity index (χ1v) is 8.11. The highest BCUT2D eigenvalue weighted by atomic mass is 16.5. The predicted molar refractivity (Wildman–Crippen MR) is 95.4 cm³/mol. The number of aliphatic hydroxyl groups is 1. The van der Waals surface area contributed by atoms with Crippen molar-refractivity contribution in [3.8, 4) is 5.75 Å². The van der Waals surface area contributed by atoms with Crippen molar-refractivity contribution in [1.82, 2.24) is 5.32 Å². The lowest BCUT2D eigenvalue weighted by Crippen LogP contribution is -2.29. The van der Waals surface area contributed by atoms with Crippen LogP contribution in [0.1, 0.15) is 30.6 Å². The van der Waals surface area contributed by atoms with Crippen molar-refractivity contribution in [3.05, 3.63) is 59.7 Å². The fourth-order valence-corrected chi connectivity index (χ4v) is 2.14. The molecular formula is C19H24N2O3. The Labute approximate surface area is 142 Å². The summed E-state index contributed by atoms with van der Waals surface area (Å²) in [7, 11) is 0. The summed E-state index contributed by atoms with van der Waals surface area (Å²) in [5.74, 6) is 0.592. The van der Waals surface area contributed by atoms with E-state index < -0.39 is 6.10 Å². The smallest absolute Gasteiger partial charge is 0.319 e. The Hall–Kier alpha value is -2.53. The van der Waals surface area contributed by atoms with Crippen LogP contribution in [0.3, 0.4) is 0 Å². The summed E-state index contributed by atoms with van der Waals surface area (Å²) in [5, 5.41) is 15.7. The Bertz CT molecular complexity index is 656. The molecule has 128 valence electrons. The zero-order chi connectivity index (χ0) is 17.4. The molecule has 0 bridgehead atoms. The van der Waals surface area contributed by atoms with Crippen LogP contribution in [0.15, 0.2) is 48.5 Å². The third kappa shape index (κ3) is 5.59. The SMILES string of the molecule is CCCNC(=O)Nc1cccc(OCC(O)c2ccc(C)cc2)c1. The van der Waals surface area contributed by atoms with Gasteiger partial charge in [-0.2, -0.15) is 0 Å². The summed E-state index contributed by atoms with van der Waals surface area (Å²) in [4.78, 5) is 11.7. The van der Waals surface area contributed by atoms with Crippen molar-refractivity contribution in [2.24, 2.45) is 0 Å². The van der Waals surface area contributed by atoms with E-state index in [0.29, 0.717) is 18.0 Å². The molecule has 3 N–H and O–H groups in total. The van der Waals surface area contributed by atoms with Gasteiger partial charge in [-0.15, -0.1) is 0 Å². The van der Waals surface area contributed by atoms with E-state index >= 15 is 0 Å². The van der Waals surface area contributed by atoms with Gasteiger partial charge in [0.2, 0.25) is 0 Å². The van der Waals surface area contributed by atoms with Gasteiger partial charge in [0.25, 0.3) is 0 Å². The maximum absolute atomic E-state index is 11.7. The third-order valence-electron chi connectivity index (χ3n) is 3.50. The second-order valence-electron chi connectivity index (χ2n) is 5.65. The summed E-state index contributed by atoms with van der Waals surface area (Å²) in [5.41, 5.74) is 2.60. The van der Waals surface area contributed by atoms with Gasteiger partial charge < -0.3 is 20.5 Å². The van der Waals surface area contributed by atoms with Crippen molar-refractivity contribution in [1.29, 1.82) is 0 Å². The number of nitrogens with one attached hydrogen (secondary N) is 2. The number of benzene rings is 2. The van der Waals surface area contributed by atoms with Crippen LogP contribution < -0.4 is 15.4 Å². The van der Waals surface area contributed by atoms with E-state index in [-0.39, 0.29) is 12.6 Å². The average molecular weight is 328 g/mol. The number of ether oxygens (including phenoxy) is 1. The highest BCUT2D eigenvalue weighted by Gasteiger charge is 2.09. The van der Waals surface area contributed by atoms with Gasteiger partial charge in [-0.3, -0.25) is 0 Å². The van der Waals surface area contributed by atoms with Crippen molar-refractivity contribution >= 4 is 11.7 Å². The quantitative estimate of drug-likeness (QED) is 0.727. The van der Waals surface area contributed by atoms with Gasteiger partial charge in [-0.1, -0.05) is 42.8 Å². The highest BCUT2D eigenvalue weighted by molar-refractivity contribution is 5.89. The van der Waals surface area contributed by atoms with Crippen molar-refractivity contribution in [2.75, 3.05) is 18.5 Å². The number of hydrogen-bond donors (Lipinski definition) is 3. The first-order valence-electron chi connectivity index (χ1n) is 8.11. The van der Waals surface area contributed by atoms with Gasteiger partial charge in [-0.05, 0) is 31.0 Å². The molecule has 5 heteroatoms. The van der Waals surface area contributed by atoms with Crippen molar-refractivity contribution in [2.45, 2.75) is 26.4 Å². The highest BCUT2D eigenvalue weighted by Crippen LogP contribution is 2.20. The van der Waals surface area contributed by atoms with Gasteiger partial charge in [0.05, 0.1) is 0 Å². The molecule has 0 saturated carbocycles. The minimum atomic E-state index is -0.699. The topological polar surface area (TPSA) is 70.6 Å². The molecule has 0 fully saturated rings. The van der Waals surface area contributed by atoms with Gasteiger partial charge in [0.1, 0.15) is 18.5 Å². The number of rotatable bonds is 7. The second kappa shape index (κ2) is 8.93. The monoisotopic (exact) mass is 328 g/mol. The van der Waals surface area contributed by atoms with Crippen LogP contribution in [0.5, 0.6) is 5.75 Å². The lowest BCUT2D eigenvalue weighted by atomic mass is 10.1. The molecule has 5 nitrogen and oxygen atoms in total. The maximum Gasteiger partial charge on any atom is 0.319 e. The van der Waals surface area contributed by atoms with Crippen molar-refractivity contribution in [3.63, 3.8) is 0 Å². The van der Waals surface area contributed by atoms with Gasteiger partial charge in [-0.25, -0.2) is 4.79 Å². The van der Waals surface area contributed by atoms with E-state index in [1.807, 2.05) is 38.1 Å². The largest absolute Gasteiger partial charge is 0.490 e. The van der Waals surface area contributed by atoms with Crippen molar-refractivity contribution < 1.29 is 14.6 Å². The molecule has 2 aromatic carbocycles. The minimum Gasteiger partial charge on any atom is -0.490 e. The Morgan fingerprint density at radius 3 is 2.67 bits per heavy atom. The van der Waals surface area contributed by atoms with Gasteiger partial charge in [0.15, 0.2) is 0 Å². The molecule has 0 aliphatic heterocycles. The zero-order valence-corrected chi connectivity index (χ0v) is 14.1. The van der Waals surface area contributed by atoms with Crippen LogP contribution >= 0.6 is 0 Å². The first kappa shape index (κ1) is 17.8. The fraction of sp³-hybridized carbons (Fsp3) is 0.316. The summed E-state index contributed by atoms with van der Waals surface area (Å²) >= 11 is 0. The molecule has 0 aliphatic carbocycles. The van der Waals surface area contributed by atoms with Gasteiger partial charge in [0, 0.05) is 18.3 Å². The normalized spacial score (nSPS) is 11.6. The number of anilines is 1. The lowest BCUT2D eigenvalue weighted by molar-refractivity contribution is 0.108. The molecule has 2 aromatic rings. The molecule has 2 rings (SSSR count). The lowest BCUT2D eigenvalue weighted by Gasteiger charge is -2.14. The number of carbonyl (C=O) groups is 1. The number of aryl methyl sites for hydroxylation is 1. The number of aliphatic hydroxyl groups excluding tert-OH is 1. The second-order valence-corrected chi connectivity index (χ2v) is 5.65. The Morgan fingerprint density at radius 1 is 1.21 bits per heavy atom. The van der Waals surface area contributed by atoms with E-state index in [4.69, 9.17) is 4.74 Å². The van der Waals surface area contributed by atoms with Crippen LogP contribution in [0.4, 0.5) is 10.5 Å². The van der Waals surface area contributed by atoms with E-state index in [0.717, 1.165) is 17.5 Å². The van der Waals surface area contributed by atoms with E-state index in [2.05, 4.69) is 10.6 Å². The summed E-state index contributed by atoms with van der Waals surface area (Å²) in [6.07, 6.45) is 0.183. The molecule has 2 amide bonds. The van der Waals surface area contributed by atoms with E-state index in [1.165, 1.54) is 0 Å². The molecule has 0 saturated heterocycles. The summed E-state index contributed by atoms with van der Waals surface area (Å²) in [6.45, 7) is 4.77. The Kier molecular flexibility index (Phi) is 6.63. The summed E-state index contributed by atoms with van der Waals surface area (Å²) < 4.78 is 5.63. The first-order chi connectivity index (χ1) is 11.6. The molecule has 0 aromatic heterocycles. The molecule has 0 radical (unpaired) electrons. The number of urea groups is 1. The van der Waals surface area contributed by atoms with Crippen LogP contribution in [0.2, 0.25) is 0 Å². The molecule has 0 spiro atoms. The van der Waals surface area contributed by atoms with E-state index in [9.17, 15) is 9.90 Å².